The van der Waals surface area contributed by atoms with Crippen molar-refractivity contribution >= 4 is 0 Å². The Labute approximate surface area is 130 Å². The Morgan fingerprint density at radius 1 is 1.00 bits per heavy atom. The fourth-order valence-corrected chi connectivity index (χ4v) is 3.29. The molecule has 0 fully saturated rings. The summed E-state index contributed by atoms with van der Waals surface area (Å²) >= 11 is 0. The van der Waals surface area contributed by atoms with Crippen LogP contribution in [0, 0.1) is 12.9 Å². The fourth-order valence-electron chi connectivity index (χ4n) is 3.29. The van der Waals surface area contributed by atoms with Gasteiger partial charge in [0.1, 0.15) is 5.82 Å². The number of hydrogen-bond donors (Lipinski definition) is 0. The Hall–Kier alpha value is -0.860. The zero-order chi connectivity index (χ0) is 15.9. The number of nitrogens with zero attached hydrogens (tertiary/aromatic N) is 2. The van der Waals surface area contributed by atoms with E-state index < -0.39 is 0 Å². The number of imidazole rings is 1. The molecule has 1 aromatic rings. The Morgan fingerprint density at radius 3 is 2.00 bits per heavy atom. The standard InChI is InChI=1S/C18H33FN2/c1-6-8-10-12-14-18(4,13-11-9-7-2)16-17(19)20-15(3)21(16)5/h6-14H2,1-5H3. The molecule has 0 radical (unpaired) electrons. The summed E-state index contributed by atoms with van der Waals surface area (Å²) in [4.78, 5) is 4.05. The average Bonchev–Trinajstić information content (AvgIpc) is 2.69. The molecule has 0 aliphatic heterocycles. The van der Waals surface area contributed by atoms with E-state index in [1.807, 2.05) is 18.5 Å². The Bertz CT molecular complexity index is 425. The smallest absolute Gasteiger partial charge is 0.234 e. The number of aryl methyl sites for hydroxylation is 1. The zero-order valence-corrected chi connectivity index (χ0v) is 14.6. The monoisotopic (exact) mass is 296 g/mol. The molecule has 21 heavy (non-hydrogen) atoms. The molecule has 0 aliphatic carbocycles. The molecule has 1 atom stereocenters. The maximum absolute atomic E-state index is 14.3. The number of unbranched alkanes of at least 4 members (excludes halogenated alkanes) is 5. The van der Waals surface area contributed by atoms with Crippen LogP contribution in [-0.2, 0) is 12.5 Å². The third-order valence-corrected chi connectivity index (χ3v) is 4.76. The lowest BCUT2D eigenvalue weighted by atomic mass is 9.77. The number of halogens is 1. The van der Waals surface area contributed by atoms with Gasteiger partial charge in [0.05, 0.1) is 5.69 Å². The number of aromatic nitrogens is 2. The van der Waals surface area contributed by atoms with E-state index in [1.165, 1.54) is 44.9 Å². The van der Waals surface area contributed by atoms with Gasteiger partial charge in [-0.3, -0.25) is 0 Å². The molecule has 1 rings (SSSR count). The van der Waals surface area contributed by atoms with Crippen LogP contribution in [-0.4, -0.2) is 9.55 Å². The van der Waals surface area contributed by atoms with Crippen molar-refractivity contribution in [1.29, 1.82) is 0 Å². The number of rotatable bonds is 10. The Morgan fingerprint density at radius 2 is 1.52 bits per heavy atom. The van der Waals surface area contributed by atoms with Gasteiger partial charge in [-0.15, -0.1) is 0 Å². The fraction of sp³-hybridized carbons (Fsp3) is 0.833. The van der Waals surface area contributed by atoms with Gasteiger partial charge in [0.2, 0.25) is 5.95 Å². The second-order valence-corrected chi connectivity index (χ2v) is 6.69. The number of hydrogen-bond acceptors (Lipinski definition) is 1. The molecule has 0 aromatic carbocycles. The highest BCUT2D eigenvalue weighted by molar-refractivity contribution is 5.18. The molecule has 0 saturated heterocycles. The minimum absolute atomic E-state index is 0.0804. The van der Waals surface area contributed by atoms with Crippen LogP contribution in [0.5, 0.6) is 0 Å². The first-order chi connectivity index (χ1) is 9.96. The summed E-state index contributed by atoms with van der Waals surface area (Å²) in [5.74, 6) is 0.516. The van der Waals surface area contributed by atoms with Gasteiger partial charge in [0.15, 0.2) is 0 Å². The lowest BCUT2D eigenvalue weighted by molar-refractivity contribution is 0.333. The SMILES string of the molecule is CCCCCCC(C)(CCCCC)c1c(F)nc(C)n1C. The second kappa shape index (κ2) is 8.55. The molecule has 1 aromatic heterocycles. The molecule has 0 saturated carbocycles. The normalized spacial score (nSPS) is 14.4. The van der Waals surface area contributed by atoms with E-state index >= 15 is 0 Å². The molecule has 0 amide bonds. The lowest BCUT2D eigenvalue weighted by Gasteiger charge is -2.30. The predicted octanol–water partition coefficient (Wildman–Crippen LogP) is 5.68. The highest BCUT2D eigenvalue weighted by Crippen LogP contribution is 2.37. The largest absolute Gasteiger partial charge is 0.332 e. The van der Waals surface area contributed by atoms with E-state index in [4.69, 9.17) is 0 Å². The summed E-state index contributed by atoms with van der Waals surface area (Å²) < 4.78 is 16.3. The van der Waals surface area contributed by atoms with Gasteiger partial charge in [-0.1, -0.05) is 65.7 Å². The summed E-state index contributed by atoms with van der Waals surface area (Å²) in [5, 5.41) is 0. The topological polar surface area (TPSA) is 17.8 Å². The van der Waals surface area contributed by atoms with Crippen molar-refractivity contribution in [2.45, 2.75) is 90.9 Å². The van der Waals surface area contributed by atoms with E-state index in [-0.39, 0.29) is 11.4 Å². The van der Waals surface area contributed by atoms with Gasteiger partial charge in [0, 0.05) is 12.5 Å². The van der Waals surface area contributed by atoms with Crippen LogP contribution < -0.4 is 0 Å². The maximum atomic E-state index is 14.3. The molecular formula is C18H33FN2. The predicted molar refractivity (Wildman–Crippen MR) is 88.2 cm³/mol. The van der Waals surface area contributed by atoms with Crippen LogP contribution in [0.25, 0.3) is 0 Å². The second-order valence-electron chi connectivity index (χ2n) is 6.69. The molecule has 1 unspecified atom stereocenters. The van der Waals surface area contributed by atoms with Gasteiger partial charge in [-0.2, -0.15) is 4.39 Å². The van der Waals surface area contributed by atoms with Crippen LogP contribution in [0.4, 0.5) is 4.39 Å². The summed E-state index contributed by atoms with van der Waals surface area (Å²) in [6.45, 7) is 8.56. The first kappa shape index (κ1) is 18.2. The molecule has 0 bridgehead atoms. The molecule has 0 N–H and O–H groups in total. The van der Waals surface area contributed by atoms with Crippen molar-refractivity contribution in [3.63, 3.8) is 0 Å². The van der Waals surface area contributed by atoms with E-state index in [2.05, 4.69) is 25.8 Å². The molecule has 2 nitrogen and oxygen atoms in total. The van der Waals surface area contributed by atoms with Crippen LogP contribution in [0.1, 0.15) is 90.1 Å². The van der Waals surface area contributed by atoms with Crippen molar-refractivity contribution in [3.05, 3.63) is 17.5 Å². The van der Waals surface area contributed by atoms with E-state index in [9.17, 15) is 4.39 Å². The Balaban J connectivity index is 2.88. The first-order valence-corrected chi connectivity index (χ1v) is 8.65. The van der Waals surface area contributed by atoms with E-state index in [0.717, 1.165) is 24.4 Å². The van der Waals surface area contributed by atoms with Gasteiger partial charge < -0.3 is 4.57 Å². The van der Waals surface area contributed by atoms with Crippen LogP contribution in [0.15, 0.2) is 0 Å². The maximum Gasteiger partial charge on any atom is 0.234 e. The highest BCUT2D eigenvalue weighted by Gasteiger charge is 2.33. The van der Waals surface area contributed by atoms with Gasteiger partial charge in [-0.25, -0.2) is 4.98 Å². The molecule has 122 valence electrons. The average molecular weight is 296 g/mol. The molecule has 1 heterocycles. The molecule has 0 aliphatic rings. The molecule has 3 heteroatoms. The summed E-state index contributed by atoms with van der Waals surface area (Å²) in [5.41, 5.74) is 0.732. The van der Waals surface area contributed by atoms with Gasteiger partial charge in [-0.05, 0) is 19.8 Å². The zero-order valence-electron chi connectivity index (χ0n) is 14.6. The summed E-state index contributed by atoms with van der Waals surface area (Å²) in [6, 6.07) is 0. The summed E-state index contributed by atoms with van der Waals surface area (Å²) in [7, 11) is 1.95. The van der Waals surface area contributed by atoms with E-state index in [0.29, 0.717) is 0 Å². The van der Waals surface area contributed by atoms with Crippen molar-refractivity contribution < 1.29 is 4.39 Å². The quantitative estimate of drug-likeness (QED) is 0.508. The minimum Gasteiger partial charge on any atom is -0.332 e. The summed E-state index contributed by atoms with van der Waals surface area (Å²) in [6.07, 6.45) is 10.7. The van der Waals surface area contributed by atoms with Gasteiger partial charge >= 0.3 is 0 Å². The Kier molecular flexibility index (Phi) is 7.41. The first-order valence-electron chi connectivity index (χ1n) is 8.65. The van der Waals surface area contributed by atoms with Gasteiger partial charge in [0.25, 0.3) is 0 Å². The van der Waals surface area contributed by atoms with Crippen LogP contribution >= 0.6 is 0 Å². The van der Waals surface area contributed by atoms with Crippen molar-refractivity contribution in [1.82, 2.24) is 9.55 Å². The lowest BCUT2D eigenvalue weighted by Crippen LogP contribution is -2.26. The third kappa shape index (κ3) is 4.82. The van der Waals surface area contributed by atoms with Crippen molar-refractivity contribution in [3.8, 4) is 0 Å². The molecule has 0 spiro atoms. The third-order valence-electron chi connectivity index (χ3n) is 4.76. The van der Waals surface area contributed by atoms with Crippen LogP contribution in [0.3, 0.4) is 0 Å². The van der Waals surface area contributed by atoms with E-state index in [1.54, 1.807) is 0 Å². The highest BCUT2D eigenvalue weighted by atomic mass is 19.1. The van der Waals surface area contributed by atoms with Crippen LogP contribution in [0.2, 0.25) is 0 Å². The molecular weight excluding hydrogens is 263 g/mol. The van der Waals surface area contributed by atoms with Crippen molar-refractivity contribution in [2.24, 2.45) is 7.05 Å². The minimum atomic E-state index is -0.260. The van der Waals surface area contributed by atoms with Crippen molar-refractivity contribution in [2.75, 3.05) is 0 Å².